The lowest BCUT2D eigenvalue weighted by Gasteiger charge is -2.24. The predicted molar refractivity (Wildman–Crippen MR) is 89.0 cm³/mol. The van der Waals surface area contributed by atoms with Crippen LogP contribution in [-0.2, 0) is 19.0 Å². The van der Waals surface area contributed by atoms with E-state index in [2.05, 4.69) is 32.6 Å². The molecule has 0 N–H and O–H groups in total. The molecule has 0 saturated carbocycles. The summed E-state index contributed by atoms with van der Waals surface area (Å²) in [6.07, 6.45) is 0. The Bertz CT molecular complexity index is 288. The second-order valence-electron chi connectivity index (χ2n) is 6.57. The van der Waals surface area contributed by atoms with Gasteiger partial charge in [-0.2, -0.15) is 0 Å². The van der Waals surface area contributed by atoms with Gasteiger partial charge < -0.3 is 19.1 Å². The van der Waals surface area contributed by atoms with Gasteiger partial charge in [-0.05, 0) is 32.9 Å². The fraction of sp³-hybridized carbons (Fsp3) is 0.941. The van der Waals surface area contributed by atoms with E-state index < -0.39 is 5.41 Å². The minimum Gasteiger partial charge on any atom is -0.464 e. The lowest BCUT2D eigenvalue weighted by molar-refractivity contribution is -0.158. The van der Waals surface area contributed by atoms with Crippen molar-refractivity contribution >= 4 is 5.97 Å². The molecule has 0 aliphatic rings. The summed E-state index contributed by atoms with van der Waals surface area (Å²) in [5.74, 6) is 0.319. The molecule has 0 bridgehead atoms. The highest BCUT2D eigenvalue weighted by molar-refractivity contribution is 5.76. The van der Waals surface area contributed by atoms with E-state index >= 15 is 0 Å². The van der Waals surface area contributed by atoms with Gasteiger partial charge in [-0.15, -0.1) is 0 Å². The second-order valence-corrected chi connectivity index (χ2v) is 6.57. The van der Waals surface area contributed by atoms with Crippen molar-refractivity contribution in [1.82, 2.24) is 4.90 Å². The Hall–Kier alpha value is -0.650. The zero-order valence-electron chi connectivity index (χ0n) is 15.3. The Morgan fingerprint density at radius 2 is 1.64 bits per heavy atom. The van der Waals surface area contributed by atoms with Gasteiger partial charge in [-0.3, -0.25) is 4.79 Å². The van der Waals surface area contributed by atoms with E-state index in [-0.39, 0.29) is 5.97 Å². The molecule has 0 aromatic rings. The number of rotatable bonds is 13. The maximum absolute atomic E-state index is 12.1. The highest BCUT2D eigenvalue weighted by atomic mass is 16.5. The third kappa shape index (κ3) is 10.1. The first kappa shape index (κ1) is 21.4. The molecule has 0 fully saturated rings. The molecule has 0 radical (unpaired) electrons. The van der Waals surface area contributed by atoms with Crippen LogP contribution in [0.3, 0.4) is 0 Å². The smallest absolute Gasteiger partial charge is 0.313 e. The largest absolute Gasteiger partial charge is 0.464 e. The van der Waals surface area contributed by atoms with Crippen LogP contribution in [0.15, 0.2) is 0 Å². The Kier molecular flexibility index (Phi) is 11.5. The molecule has 0 amide bonds. The first-order valence-corrected chi connectivity index (χ1v) is 8.38. The van der Waals surface area contributed by atoms with Gasteiger partial charge in [0.1, 0.15) is 6.61 Å². The Labute approximate surface area is 136 Å². The molecule has 0 aromatic heterocycles. The van der Waals surface area contributed by atoms with E-state index in [0.29, 0.717) is 32.3 Å². The van der Waals surface area contributed by atoms with Gasteiger partial charge in [0.25, 0.3) is 0 Å². The minimum atomic E-state index is -0.624. The highest BCUT2D eigenvalue weighted by Gasteiger charge is 2.29. The van der Waals surface area contributed by atoms with Crippen LogP contribution in [0.2, 0.25) is 0 Å². The molecular formula is C17H35NO4. The first-order chi connectivity index (χ1) is 10.3. The van der Waals surface area contributed by atoms with Crippen LogP contribution in [0, 0.1) is 11.3 Å². The van der Waals surface area contributed by atoms with E-state index in [4.69, 9.17) is 14.2 Å². The lowest BCUT2D eigenvalue weighted by atomic mass is 9.95. The number of carbonyl (C=O) groups is 1. The highest BCUT2D eigenvalue weighted by Crippen LogP contribution is 2.17. The Morgan fingerprint density at radius 1 is 1.05 bits per heavy atom. The summed E-state index contributed by atoms with van der Waals surface area (Å²) in [6.45, 7) is 17.4. The van der Waals surface area contributed by atoms with Gasteiger partial charge in [0, 0.05) is 13.2 Å². The molecular weight excluding hydrogens is 282 g/mol. The molecule has 5 nitrogen and oxygen atoms in total. The molecule has 0 spiro atoms. The summed E-state index contributed by atoms with van der Waals surface area (Å²) in [6, 6.07) is 0. The van der Waals surface area contributed by atoms with E-state index in [1.54, 1.807) is 0 Å². The average molecular weight is 317 g/mol. The van der Waals surface area contributed by atoms with Gasteiger partial charge in [0.05, 0.1) is 25.2 Å². The summed E-state index contributed by atoms with van der Waals surface area (Å²) < 4.78 is 16.3. The third-order valence-corrected chi connectivity index (χ3v) is 3.37. The fourth-order valence-corrected chi connectivity index (χ4v) is 1.83. The molecule has 0 atom stereocenters. The number of nitrogens with zero attached hydrogens (tertiary/aromatic N) is 1. The molecule has 0 aromatic carbocycles. The van der Waals surface area contributed by atoms with Crippen molar-refractivity contribution < 1.29 is 19.0 Å². The van der Waals surface area contributed by atoms with Crippen LogP contribution >= 0.6 is 0 Å². The second kappa shape index (κ2) is 11.9. The van der Waals surface area contributed by atoms with Crippen LogP contribution < -0.4 is 0 Å². The Balaban J connectivity index is 3.83. The van der Waals surface area contributed by atoms with Crippen molar-refractivity contribution in [3.05, 3.63) is 0 Å². The number of hydrogen-bond acceptors (Lipinski definition) is 5. The number of hydrogen-bond donors (Lipinski definition) is 0. The van der Waals surface area contributed by atoms with Gasteiger partial charge in [-0.25, -0.2) is 0 Å². The molecule has 0 rings (SSSR count). The van der Waals surface area contributed by atoms with Gasteiger partial charge >= 0.3 is 5.97 Å². The number of carbonyl (C=O) groups excluding carboxylic acids is 1. The van der Waals surface area contributed by atoms with Gasteiger partial charge in [-0.1, -0.05) is 27.7 Å². The molecule has 0 aliphatic carbocycles. The van der Waals surface area contributed by atoms with E-state index in [0.717, 1.165) is 26.2 Å². The quantitative estimate of drug-likeness (QED) is 0.386. The SMILES string of the molecule is CCN(CC)CCOC(=O)C(C)(C)COCCOCC(C)C. The summed E-state index contributed by atoms with van der Waals surface area (Å²) in [5, 5.41) is 0. The topological polar surface area (TPSA) is 48.0 Å². The number of ether oxygens (including phenoxy) is 3. The van der Waals surface area contributed by atoms with E-state index in [1.807, 2.05) is 13.8 Å². The molecule has 0 heterocycles. The molecule has 0 unspecified atom stereocenters. The number of esters is 1. The third-order valence-electron chi connectivity index (χ3n) is 3.37. The van der Waals surface area contributed by atoms with Crippen molar-refractivity contribution in [2.75, 3.05) is 52.7 Å². The summed E-state index contributed by atoms with van der Waals surface area (Å²) in [7, 11) is 0. The van der Waals surface area contributed by atoms with Gasteiger partial charge in [0.15, 0.2) is 0 Å². The Morgan fingerprint density at radius 3 is 2.18 bits per heavy atom. The zero-order valence-corrected chi connectivity index (χ0v) is 15.3. The first-order valence-electron chi connectivity index (χ1n) is 8.38. The van der Waals surface area contributed by atoms with Gasteiger partial charge in [0.2, 0.25) is 0 Å². The normalized spacial score (nSPS) is 12.2. The molecule has 0 aliphatic heterocycles. The monoisotopic (exact) mass is 317 g/mol. The fourth-order valence-electron chi connectivity index (χ4n) is 1.83. The molecule has 22 heavy (non-hydrogen) atoms. The maximum atomic E-state index is 12.1. The van der Waals surface area contributed by atoms with Crippen molar-refractivity contribution in [3.63, 3.8) is 0 Å². The minimum absolute atomic E-state index is 0.206. The number of likely N-dealkylation sites (N-methyl/N-ethyl adjacent to an activating group) is 1. The molecule has 132 valence electrons. The standard InChI is InChI=1S/C17H35NO4/c1-7-18(8-2)9-10-22-16(19)17(5,6)14-21-12-11-20-13-15(3)4/h15H,7-14H2,1-6H3. The van der Waals surface area contributed by atoms with Crippen molar-refractivity contribution in [2.24, 2.45) is 11.3 Å². The average Bonchev–Trinajstić information content (AvgIpc) is 2.46. The lowest BCUT2D eigenvalue weighted by Crippen LogP contribution is -2.35. The summed E-state index contributed by atoms with van der Waals surface area (Å²) >= 11 is 0. The summed E-state index contributed by atoms with van der Waals surface area (Å²) in [4.78, 5) is 14.3. The predicted octanol–water partition coefficient (Wildman–Crippen LogP) is 2.59. The van der Waals surface area contributed by atoms with Crippen molar-refractivity contribution in [2.45, 2.75) is 41.5 Å². The van der Waals surface area contributed by atoms with Crippen LogP contribution in [0.4, 0.5) is 0 Å². The van der Waals surface area contributed by atoms with Crippen molar-refractivity contribution in [1.29, 1.82) is 0 Å². The van der Waals surface area contributed by atoms with Crippen molar-refractivity contribution in [3.8, 4) is 0 Å². The summed E-state index contributed by atoms with van der Waals surface area (Å²) in [5.41, 5.74) is -0.624. The van der Waals surface area contributed by atoms with E-state index in [1.165, 1.54) is 0 Å². The molecule has 5 heteroatoms. The zero-order chi connectivity index (χ0) is 17.0. The van der Waals surface area contributed by atoms with E-state index in [9.17, 15) is 4.79 Å². The van der Waals surface area contributed by atoms with Crippen LogP contribution in [0.25, 0.3) is 0 Å². The van der Waals surface area contributed by atoms with Crippen LogP contribution in [-0.4, -0.2) is 63.5 Å². The van der Waals surface area contributed by atoms with Crippen LogP contribution in [0.5, 0.6) is 0 Å². The molecule has 0 saturated heterocycles. The van der Waals surface area contributed by atoms with Crippen LogP contribution in [0.1, 0.15) is 41.5 Å². The maximum Gasteiger partial charge on any atom is 0.313 e.